The summed E-state index contributed by atoms with van der Waals surface area (Å²) in [5, 5.41) is 12.2. The molecule has 0 aromatic heterocycles. The molecular formula is C11H19NO2. The second-order valence-corrected chi connectivity index (χ2v) is 4.62. The maximum Gasteiger partial charge on any atom is 0.320 e. The topological polar surface area (TPSA) is 49.3 Å². The Hall–Kier alpha value is -0.570. The lowest BCUT2D eigenvalue weighted by atomic mass is 9.77. The van der Waals surface area contributed by atoms with Crippen molar-refractivity contribution in [2.24, 2.45) is 11.8 Å². The fraction of sp³-hybridized carbons (Fsp3) is 0.909. The van der Waals surface area contributed by atoms with E-state index in [4.69, 9.17) is 5.11 Å². The number of carbonyl (C=O) groups is 1. The maximum atomic E-state index is 11.0. The summed E-state index contributed by atoms with van der Waals surface area (Å²) in [6.07, 6.45) is 7.49. The van der Waals surface area contributed by atoms with Crippen LogP contribution in [0.1, 0.15) is 38.5 Å². The highest BCUT2D eigenvalue weighted by molar-refractivity contribution is 5.74. The van der Waals surface area contributed by atoms with Crippen molar-refractivity contribution in [1.82, 2.24) is 5.32 Å². The Balaban J connectivity index is 1.97. The predicted molar refractivity (Wildman–Crippen MR) is 54.1 cm³/mol. The van der Waals surface area contributed by atoms with Gasteiger partial charge in [0.25, 0.3) is 0 Å². The highest BCUT2D eigenvalue weighted by atomic mass is 16.4. The minimum absolute atomic E-state index is 0.266. The summed E-state index contributed by atoms with van der Waals surface area (Å²) >= 11 is 0. The molecule has 2 atom stereocenters. The number of nitrogens with one attached hydrogen (secondary N) is 1. The van der Waals surface area contributed by atoms with E-state index in [1.807, 2.05) is 0 Å². The zero-order valence-corrected chi connectivity index (χ0v) is 8.54. The molecule has 2 fully saturated rings. The van der Waals surface area contributed by atoms with Crippen molar-refractivity contribution in [2.45, 2.75) is 44.6 Å². The van der Waals surface area contributed by atoms with Crippen LogP contribution in [0.15, 0.2) is 0 Å². The van der Waals surface area contributed by atoms with Crippen LogP contribution in [0.3, 0.4) is 0 Å². The molecule has 14 heavy (non-hydrogen) atoms. The molecule has 2 N–H and O–H groups in total. The summed E-state index contributed by atoms with van der Waals surface area (Å²) in [6, 6.07) is -0.266. The van der Waals surface area contributed by atoms with E-state index in [-0.39, 0.29) is 6.04 Å². The van der Waals surface area contributed by atoms with E-state index in [2.05, 4.69) is 5.32 Å². The fourth-order valence-corrected chi connectivity index (χ4v) is 3.06. The molecule has 0 spiro atoms. The van der Waals surface area contributed by atoms with E-state index in [0.29, 0.717) is 11.8 Å². The quantitative estimate of drug-likeness (QED) is 0.707. The summed E-state index contributed by atoms with van der Waals surface area (Å²) in [6.45, 7) is 0.887. The third kappa shape index (κ3) is 1.92. The van der Waals surface area contributed by atoms with Gasteiger partial charge in [-0.3, -0.25) is 4.79 Å². The zero-order chi connectivity index (χ0) is 9.97. The van der Waals surface area contributed by atoms with Crippen molar-refractivity contribution < 1.29 is 9.90 Å². The smallest absolute Gasteiger partial charge is 0.320 e. The first-order chi connectivity index (χ1) is 6.79. The van der Waals surface area contributed by atoms with Crippen LogP contribution in [-0.4, -0.2) is 23.7 Å². The molecule has 3 heteroatoms. The van der Waals surface area contributed by atoms with Crippen molar-refractivity contribution in [3.8, 4) is 0 Å². The van der Waals surface area contributed by atoms with Gasteiger partial charge in [0, 0.05) is 0 Å². The van der Waals surface area contributed by atoms with Crippen molar-refractivity contribution >= 4 is 5.97 Å². The molecule has 1 aliphatic heterocycles. The standard InChI is InChI=1S/C11H19NO2/c13-11(14)10-9(6-7-12-10)8-4-2-1-3-5-8/h8-10,12H,1-7H2,(H,13,14). The number of aliphatic carboxylic acids is 1. The molecule has 0 bridgehead atoms. The first kappa shape index (κ1) is 9.97. The Kier molecular flexibility index (Phi) is 3.06. The van der Waals surface area contributed by atoms with Crippen LogP contribution in [0, 0.1) is 11.8 Å². The molecule has 1 saturated carbocycles. The molecule has 3 nitrogen and oxygen atoms in total. The van der Waals surface area contributed by atoms with Gasteiger partial charge in [0.15, 0.2) is 0 Å². The van der Waals surface area contributed by atoms with Gasteiger partial charge in [-0.15, -0.1) is 0 Å². The molecule has 1 saturated heterocycles. The second-order valence-electron chi connectivity index (χ2n) is 4.62. The Morgan fingerprint density at radius 1 is 1.14 bits per heavy atom. The molecule has 2 rings (SSSR count). The van der Waals surface area contributed by atoms with Crippen molar-refractivity contribution in [3.63, 3.8) is 0 Å². The normalized spacial score (nSPS) is 34.6. The van der Waals surface area contributed by atoms with Gasteiger partial charge in [-0.25, -0.2) is 0 Å². The Morgan fingerprint density at radius 2 is 1.86 bits per heavy atom. The summed E-state index contributed by atoms with van der Waals surface area (Å²) in [5.74, 6) is 0.408. The SMILES string of the molecule is O=C(O)C1NCCC1C1CCCCC1. The van der Waals surface area contributed by atoms with E-state index in [0.717, 1.165) is 13.0 Å². The van der Waals surface area contributed by atoms with E-state index in [1.165, 1.54) is 32.1 Å². The summed E-state index contributed by atoms with van der Waals surface area (Å²) < 4.78 is 0. The highest BCUT2D eigenvalue weighted by Gasteiger charge is 2.37. The summed E-state index contributed by atoms with van der Waals surface area (Å²) in [7, 11) is 0. The molecule has 1 aliphatic carbocycles. The van der Waals surface area contributed by atoms with Gasteiger partial charge in [-0.2, -0.15) is 0 Å². The molecule has 0 radical (unpaired) electrons. The average Bonchev–Trinajstić information content (AvgIpc) is 2.67. The van der Waals surface area contributed by atoms with Crippen molar-refractivity contribution in [3.05, 3.63) is 0 Å². The number of rotatable bonds is 2. The van der Waals surface area contributed by atoms with Crippen LogP contribution in [0.2, 0.25) is 0 Å². The highest BCUT2D eigenvalue weighted by Crippen LogP contribution is 2.35. The van der Waals surface area contributed by atoms with Gasteiger partial charge in [0.05, 0.1) is 0 Å². The van der Waals surface area contributed by atoms with E-state index < -0.39 is 5.97 Å². The van der Waals surface area contributed by atoms with Gasteiger partial charge in [0.2, 0.25) is 0 Å². The number of hydrogen-bond acceptors (Lipinski definition) is 2. The molecule has 80 valence electrons. The zero-order valence-electron chi connectivity index (χ0n) is 8.54. The van der Waals surface area contributed by atoms with Crippen LogP contribution in [-0.2, 0) is 4.79 Å². The number of carboxylic acids is 1. The minimum Gasteiger partial charge on any atom is -0.480 e. The van der Waals surface area contributed by atoms with Gasteiger partial charge in [-0.1, -0.05) is 32.1 Å². The molecule has 0 aromatic carbocycles. The molecule has 1 heterocycles. The molecule has 0 aromatic rings. The van der Waals surface area contributed by atoms with Crippen LogP contribution in [0.25, 0.3) is 0 Å². The molecule has 2 aliphatic rings. The van der Waals surface area contributed by atoms with E-state index in [9.17, 15) is 4.79 Å². The molecule has 0 amide bonds. The first-order valence-electron chi connectivity index (χ1n) is 5.75. The third-order valence-corrected chi connectivity index (χ3v) is 3.79. The summed E-state index contributed by atoms with van der Waals surface area (Å²) in [4.78, 5) is 11.0. The van der Waals surface area contributed by atoms with Crippen LogP contribution in [0.5, 0.6) is 0 Å². The maximum absolute atomic E-state index is 11.0. The summed E-state index contributed by atoms with van der Waals surface area (Å²) in [5.41, 5.74) is 0. The van der Waals surface area contributed by atoms with E-state index >= 15 is 0 Å². The largest absolute Gasteiger partial charge is 0.480 e. The van der Waals surface area contributed by atoms with Crippen molar-refractivity contribution in [2.75, 3.05) is 6.54 Å². The monoisotopic (exact) mass is 197 g/mol. The van der Waals surface area contributed by atoms with Gasteiger partial charge < -0.3 is 10.4 Å². The second kappa shape index (κ2) is 4.30. The lowest BCUT2D eigenvalue weighted by Crippen LogP contribution is -2.38. The van der Waals surface area contributed by atoms with Crippen LogP contribution in [0.4, 0.5) is 0 Å². The Bertz CT molecular complexity index is 211. The van der Waals surface area contributed by atoms with Crippen LogP contribution >= 0.6 is 0 Å². The minimum atomic E-state index is -0.655. The van der Waals surface area contributed by atoms with Crippen LogP contribution < -0.4 is 5.32 Å². The average molecular weight is 197 g/mol. The molecule has 2 unspecified atom stereocenters. The third-order valence-electron chi connectivity index (χ3n) is 3.79. The van der Waals surface area contributed by atoms with Crippen molar-refractivity contribution in [1.29, 1.82) is 0 Å². The Labute approximate surface area is 84.9 Å². The number of hydrogen-bond donors (Lipinski definition) is 2. The molecular weight excluding hydrogens is 178 g/mol. The van der Waals surface area contributed by atoms with Gasteiger partial charge >= 0.3 is 5.97 Å². The predicted octanol–water partition coefficient (Wildman–Crippen LogP) is 1.63. The van der Waals surface area contributed by atoms with E-state index in [1.54, 1.807) is 0 Å². The fourth-order valence-electron chi connectivity index (χ4n) is 3.06. The Morgan fingerprint density at radius 3 is 2.50 bits per heavy atom. The van der Waals surface area contributed by atoms with Gasteiger partial charge in [-0.05, 0) is 24.8 Å². The first-order valence-corrected chi connectivity index (χ1v) is 5.75. The lowest BCUT2D eigenvalue weighted by molar-refractivity contribution is -0.140. The number of carboxylic acid groups (broad SMARTS) is 1. The van der Waals surface area contributed by atoms with Gasteiger partial charge in [0.1, 0.15) is 6.04 Å². The lowest BCUT2D eigenvalue weighted by Gasteiger charge is -2.29.